The van der Waals surface area contributed by atoms with Crippen LogP contribution < -0.4 is 10.5 Å². The molecule has 0 saturated carbocycles. The van der Waals surface area contributed by atoms with Crippen LogP contribution in [-0.4, -0.2) is 31.1 Å². The average molecular weight is 262 g/mol. The average Bonchev–Trinajstić information content (AvgIpc) is 2.84. The number of aryl methyl sites for hydroxylation is 1. The second kappa shape index (κ2) is 6.12. The Bertz CT molecular complexity index is 539. The molecule has 0 amide bonds. The number of hydrogen-bond acceptors (Lipinski definition) is 6. The van der Waals surface area contributed by atoms with Gasteiger partial charge >= 0.3 is 6.01 Å². The van der Waals surface area contributed by atoms with Gasteiger partial charge in [-0.3, -0.25) is 4.57 Å². The maximum atomic E-state index is 5.69. The zero-order chi connectivity index (χ0) is 13.7. The van der Waals surface area contributed by atoms with Crippen molar-refractivity contribution in [3.05, 3.63) is 18.2 Å². The Balaban J connectivity index is 2.32. The van der Waals surface area contributed by atoms with Gasteiger partial charge in [0, 0.05) is 18.8 Å². The molecule has 0 aromatic carbocycles. The van der Waals surface area contributed by atoms with E-state index in [1.54, 1.807) is 10.8 Å². The van der Waals surface area contributed by atoms with Gasteiger partial charge < -0.3 is 10.5 Å². The van der Waals surface area contributed by atoms with Gasteiger partial charge in [0.1, 0.15) is 5.82 Å². The number of nitrogen functional groups attached to an aromatic ring is 1. The summed E-state index contributed by atoms with van der Waals surface area (Å²) in [5, 5.41) is 0. The van der Waals surface area contributed by atoms with E-state index in [-0.39, 0.29) is 12.0 Å². The Morgan fingerprint density at radius 2 is 2.05 bits per heavy atom. The normalized spacial score (nSPS) is 10.6. The molecule has 19 heavy (non-hydrogen) atoms. The minimum Gasteiger partial charge on any atom is -0.463 e. The molecule has 102 valence electrons. The molecular weight excluding hydrogens is 244 g/mol. The molecule has 7 heteroatoms. The lowest BCUT2D eigenvalue weighted by molar-refractivity contribution is 0.291. The molecule has 0 radical (unpaired) electrons. The first-order chi connectivity index (χ1) is 9.24. The van der Waals surface area contributed by atoms with Crippen LogP contribution in [0.25, 0.3) is 5.95 Å². The molecular formula is C12H18N6O. The summed E-state index contributed by atoms with van der Waals surface area (Å²) in [5.74, 6) is 1.49. The smallest absolute Gasteiger partial charge is 0.323 e. The molecule has 0 bridgehead atoms. The summed E-state index contributed by atoms with van der Waals surface area (Å²) in [4.78, 5) is 16.6. The highest BCUT2D eigenvalue weighted by atomic mass is 16.5. The van der Waals surface area contributed by atoms with Crippen LogP contribution >= 0.6 is 0 Å². The summed E-state index contributed by atoms with van der Waals surface area (Å²) in [5.41, 5.74) is 5.69. The SMILES string of the molecule is CCCOc1nc(N)nc(-n2ccnc2CCC)n1. The van der Waals surface area contributed by atoms with Gasteiger partial charge in [-0.25, -0.2) is 4.98 Å². The van der Waals surface area contributed by atoms with Crippen molar-refractivity contribution in [1.29, 1.82) is 0 Å². The topological polar surface area (TPSA) is 91.7 Å². The summed E-state index contributed by atoms with van der Waals surface area (Å²) in [6.45, 7) is 4.66. The van der Waals surface area contributed by atoms with E-state index in [0.717, 1.165) is 25.1 Å². The van der Waals surface area contributed by atoms with Crippen molar-refractivity contribution in [2.45, 2.75) is 33.1 Å². The van der Waals surface area contributed by atoms with Gasteiger partial charge in [0.15, 0.2) is 0 Å². The predicted molar refractivity (Wildman–Crippen MR) is 71.1 cm³/mol. The third kappa shape index (κ3) is 3.18. The Morgan fingerprint density at radius 1 is 1.21 bits per heavy atom. The number of hydrogen-bond donors (Lipinski definition) is 1. The Kier molecular flexibility index (Phi) is 4.27. The van der Waals surface area contributed by atoms with Crippen LogP contribution in [0.5, 0.6) is 6.01 Å². The van der Waals surface area contributed by atoms with Gasteiger partial charge in [0.25, 0.3) is 0 Å². The molecule has 2 rings (SSSR count). The highest BCUT2D eigenvalue weighted by molar-refractivity contribution is 5.26. The molecule has 0 atom stereocenters. The molecule has 7 nitrogen and oxygen atoms in total. The number of nitrogens with zero attached hydrogens (tertiary/aromatic N) is 5. The zero-order valence-electron chi connectivity index (χ0n) is 11.2. The summed E-state index contributed by atoms with van der Waals surface area (Å²) in [6.07, 6.45) is 6.26. The van der Waals surface area contributed by atoms with Crippen molar-refractivity contribution >= 4 is 5.95 Å². The van der Waals surface area contributed by atoms with Crippen molar-refractivity contribution in [2.24, 2.45) is 0 Å². The highest BCUT2D eigenvalue weighted by Gasteiger charge is 2.10. The van der Waals surface area contributed by atoms with Crippen LogP contribution in [0.2, 0.25) is 0 Å². The number of nitrogens with two attached hydrogens (primary N) is 1. The standard InChI is InChI=1S/C12H18N6O/c1-3-5-9-14-6-7-18(9)11-15-10(13)16-12(17-11)19-8-4-2/h6-7H,3-5,8H2,1-2H3,(H2,13,15,16,17). The molecule has 2 heterocycles. The first-order valence-electron chi connectivity index (χ1n) is 6.41. The molecule has 0 aliphatic carbocycles. The second-order valence-electron chi connectivity index (χ2n) is 4.09. The third-order valence-electron chi connectivity index (χ3n) is 2.46. The van der Waals surface area contributed by atoms with Crippen LogP contribution in [0.1, 0.15) is 32.5 Å². The quantitative estimate of drug-likeness (QED) is 0.845. The van der Waals surface area contributed by atoms with Crippen LogP contribution in [0.15, 0.2) is 12.4 Å². The van der Waals surface area contributed by atoms with Crippen molar-refractivity contribution in [3.63, 3.8) is 0 Å². The van der Waals surface area contributed by atoms with Crippen molar-refractivity contribution < 1.29 is 4.74 Å². The molecule has 2 aromatic rings. The largest absolute Gasteiger partial charge is 0.463 e. The summed E-state index contributed by atoms with van der Waals surface area (Å²) in [6, 6.07) is 0.250. The van der Waals surface area contributed by atoms with Gasteiger partial charge in [-0.2, -0.15) is 15.0 Å². The zero-order valence-corrected chi connectivity index (χ0v) is 11.2. The first-order valence-corrected chi connectivity index (χ1v) is 6.41. The van der Waals surface area contributed by atoms with E-state index in [9.17, 15) is 0 Å². The summed E-state index contributed by atoms with van der Waals surface area (Å²) < 4.78 is 7.20. The van der Waals surface area contributed by atoms with E-state index in [1.807, 2.05) is 13.1 Å². The molecule has 0 aliphatic rings. The maximum Gasteiger partial charge on any atom is 0.323 e. The lowest BCUT2D eigenvalue weighted by Crippen LogP contribution is -2.11. The van der Waals surface area contributed by atoms with E-state index in [2.05, 4.69) is 26.9 Å². The minimum absolute atomic E-state index is 0.146. The molecule has 2 N–H and O–H groups in total. The molecule has 0 spiro atoms. The highest BCUT2D eigenvalue weighted by Crippen LogP contribution is 2.12. The van der Waals surface area contributed by atoms with Gasteiger partial charge in [-0.05, 0) is 12.8 Å². The van der Waals surface area contributed by atoms with Crippen LogP contribution in [0, 0.1) is 0 Å². The maximum absolute atomic E-state index is 5.69. The van der Waals surface area contributed by atoms with E-state index in [4.69, 9.17) is 10.5 Å². The Labute approximate surface area is 111 Å². The number of rotatable bonds is 6. The molecule has 0 aliphatic heterocycles. The number of imidazole rings is 1. The fourth-order valence-corrected chi connectivity index (χ4v) is 1.65. The fourth-order valence-electron chi connectivity index (χ4n) is 1.65. The van der Waals surface area contributed by atoms with Gasteiger partial charge in [0.05, 0.1) is 6.61 Å². The molecule has 2 aromatic heterocycles. The minimum atomic E-state index is 0.146. The molecule has 0 unspecified atom stereocenters. The Morgan fingerprint density at radius 3 is 2.79 bits per heavy atom. The van der Waals surface area contributed by atoms with Crippen molar-refractivity contribution in [3.8, 4) is 12.0 Å². The van der Waals surface area contributed by atoms with Crippen molar-refractivity contribution in [2.75, 3.05) is 12.3 Å². The lowest BCUT2D eigenvalue weighted by atomic mass is 10.3. The van der Waals surface area contributed by atoms with E-state index in [0.29, 0.717) is 12.6 Å². The first kappa shape index (κ1) is 13.3. The number of aromatic nitrogens is 5. The van der Waals surface area contributed by atoms with Crippen LogP contribution in [-0.2, 0) is 6.42 Å². The molecule has 0 fully saturated rings. The Hall–Kier alpha value is -2.18. The third-order valence-corrected chi connectivity index (χ3v) is 2.46. The van der Waals surface area contributed by atoms with E-state index < -0.39 is 0 Å². The number of anilines is 1. The van der Waals surface area contributed by atoms with Gasteiger partial charge in [-0.1, -0.05) is 13.8 Å². The second-order valence-corrected chi connectivity index (χ2v) is 4.09. The van der Waals surface area contributed by atoms with E-state index in [1.165, 1.54) is 0 Å². The fraction of sp³-hybridized carbons (Fsp3) is 0.500. The van der Waals surface area contributed by atoms with Crippen LogP contribution in [0.3, 0.4) is 0 Å². The lowest BCUT2D eigenvalue weighted by Gasteiger charge is -2.08. The molecule has 0 saturated heterocycles. The predicted octanol–water partition coefficient (Wildman–Crippen LogP) is 1.38. The van der Waals surface area contributed by atoms with Crippen LogP contribution in [0.4, 0.5) is 5.95 Å². The van der Waals surface area contributed by atoms with Gasteiger partial charge in [0.2, 0.25) is 11.9 Å². The van der Waals surface area contributed by atoms with E-state index >= 15 is 0 Å². The summed E-state index contributed by atoms with van der Waals surface area (Å²) in [7, 11) is 0. The monoisotopic (exact) mass is 262 g/mol. The summed E-state index contributed by atoms with van der Waals surface area (Å²) >= 11 is 0. The van der Waals surface area contributed by atoms with Crippen molar-refractivity contribution in [1.82, 2.24) is 24.5 Å². The van der Waals surface area contributed by atoms with Gasteiger partial charge in [-0.15, -0.1) is 0 Å². The number of ether oxygens (including phenoxy) is 1.